The maximum atomic E-state index is 14.2. The average Bonchev–Trinajstić information content (AvgIpc) is 2.78. The number of hydrogen-bond donors (Lipinski definition) is 2. The van der Waals surface area contributed by atoms with Crippen LogP contribution in [0.15, 0.2) is 59.5 Å². The molecular weight excluding hydrogens is 469 g/mol. The highest BCUT2D eigenvalue weighted by Crippen LogP contribution is 2.33. The van der Waals surface area contributed by atoms with E-state index in [1.165, 1.54) is 18.2 Å². The zero-order chi connectivity index (χ0) is 25.3. The van der Waals surface area contributed by atoms with Crippen LogP contribution in [-0.4, -0.2) is 45.7 Å². The lowest BCUT2D eigenvalue weighted by atomic mass is 10.1. The van der Waals surface area contributed by atoms with E-state index in [1.807, 2.05) is 16.7 Å². The summed E-state index contributed by atoms with van der Waals surface area (Å²) in [7, 11) is -3.98. The largest absolute Gasteiger partial charge is 0.478 e. The number of benzene rings is 3. The van der Waals surface area contributed by atoms with E-state index in [-0.39, 0.29) is 22.0 Å². The fraction of sp³-hybridized carbons (Fsp3) is 0.269. The summed E-state index contributed by atoms with van der Waals surface area (Å²) in [6, 6.07) is 14.6. The standard InChI is InChI=1S/C26H28FN3O4S/c1-17-14-18(2)25(19(3)15-17)35(33,34)28-22-16-20(26(31)32)8-9-24(22)30-12-10-29(11-13-30)23-7-5-4-6-21(23)27/h4-9,14-16,28H,10-13H2,1-3H3,(H,31,32). The molecule has 1 heterocycles. The lowest BCUT2D eigenvalue weighted by Crippen LogP contribution is -2.47. The molecule has 0 saturated carbocycles. The number of carbonyl (C=O) groups is 1. The van der Waals surface area contributed by atoms with Crippen molar-refractivity contribution in [2.45, 2.75) is 25.7 Å². The van der Waals surface area contributed by atoms with E-state index in [1.54, 1.807) is 50.2 Å². The molecule has 9 heteroatoms. The molecule has 4 rings (SSSR count). The van der Waals surface area contributed by atoms with Crippen LogP contribution in [0.25, 0.3) is 0 Å². The number of anilines is 3. The molecule has 1 aliphatic rings. The number of aryl methyl sites for hydroxylation is 3. The molecule has 7 nitrogen and oxygen atoms in total. The van der Waals surface area contributed by atoms with Gasteiger partial charge in [-0.3, -0.25) is 4.72 Å². The molecule has 3 aromatic rings. The van der Waals surface area contributed by atoms with Crippen molar-refractivity contribution < 1.29 is 22.7 Å². The molecule has 0 atom stereocenters. The minimum Gasteiger partial charge on any atom is -0.478 e. The van der Waals surface area contributed by atoms with Gasteiger partial charge < -0.3 is 14.9 Å². The maximum Gasteiger partial charge on any atom is 0.335 e. The number of halogens is 1. The summed E-state index contributed by atoms with van der Waals surface area (Å²) in [6.07, 6.45) is 0. The number of hydrogen-bond acceptors (Lipinski definition) is 5. The van der Waals surface area contributed by atoms with Crippen LogP contribution < -0.4 is 14.5 Å². The third-order valence-electron chi connectivity index (χ3n) is 6.17. The Morgan fingerprint density at radius 3 is 2.03 bits per heavy atom. The second-order valence-corrected chi connectivity index (χ2v) is 10.4. The average molecular weight is 498 g/mol. The number of para-hydroxylation sites is 1. The third kappa shape index (κ3) is 5.09. The first-order valence-electron chi connectivity index (χ1n) is 11.3. The fourth-order valence-electron chi connectivity index (χ4n) is 4.71. The Morgan fingerprint density at radius 2 is 1.46 bits per heavy atom. The normalized spacial score (nSPS) is 14.2. The van der Waals surface area contributed by atoms with Crippen LogP contribution in [0.5, 0.6) is 0 Å². The summed E-state index contributed by atoms with van der Waals surface area (Å²) < 4.78 is 43.7. The molecule has 0 bridgehead atoms. The van der Waals surface area contributed by atoms with Crippen molar-refractivity contribution >= 4 is 33.1 Å². The van der Waals surface area contributed by atoms with Gasteiger partial charge in [-0.15, -0.1) is 0 Å². The predicted octanol–water partition coefficient (Wildman–Crippen LogP) is 4.58. The Bertz CT molecular complexity index is 1360. The van der Waals surface area contributed by atoms with Crippen molar-refractivity contribution in [3.63, 3.8) is 0 Å². The summed E-state index contributed by atoms with van der Waals surface area (Å²) >= 11 is 0. The Kier molecular flexibility index (Phi) is 6.71. The predicted molar refractivity (Wildman–Crippen MR) is 136 cm³/mol. The van der Waals surface area contributed by atoms with Gasteiger partial charge in [-0.2, -0.15) is 0 Å². The molecule has 0 spiro atoms. The number of nitrogens with one attached hydrogen (secondary N) is 1. The van der Waals surface area contributed by atoms with E-state index >= 15 is 0 Å². The Morgan fingerprint density at radius 1 is 0.886 bits per heavy atom. The van der Waals surface area contributed by atoms with E-state index in [0.717, 1.165) is 5.56 Å². The number of sulfonamides is 1. The van der Waals surface area contributed by atoms with Crippen LogP contribution in [0, 0.1) is 26.6 Å². The number of nitrogens with zero attached hydrogens (tertiary/aromatic N) is 2. The molecule has 0 radical (unpaired) electrons. The second-order valence-electron chi connectivity index (χ2n) is 8.80. The van der Waals surface area contributed by atoms with Crippen LogP contribution in [-0.2, 0) is 10.0 Å². The van der Waals surface area contributed by atoms with E-state index in [2.05, 4.69) is 4.72 Å². The van der Waals surface area contributed by atoms with E-state index in [0.29, 0.717) is 48.7 Å². The molecular formula is C26H28FN3O4S. The summed E-state index contributed by atoms with van der Waals surface area (Å²) in [6.45, 7) is 7.47. The highest BCUT2D eigenvalue weighted by molar-refractivity contribution is 7.92. The van der Waals surface area contributed by atoms with Crippen molar-refractivity contribution in [3.05, 3.63) is 82.7 Å². The first-order valence-corrected chi connectivity index (χ1v) is 12.8. The van der Waals surface area contributed by atoms with Crippen LogP contribution in [0.1, 0.15) is 27.0 Å². The van der Waals surface area contributed by atoms with Crippen LogP contribution in [0.3, 0.4) is 0 Å². The molecule has 2 N–H and O–H groups in total. The van der Waals surface area contributed by atoms with Crippen LogP contribution in [0.2, 0.25) is 0 Å². The van der Waals surface area contributed by atoms with Crippen LogP contribution >= 0.6 is 0 Å². The minimum absolute atomic E-state index is 0.0196. The van der Waals surface area contributed by atoms with Crippen molar-refractivity contribution in [3.8, 4) is 0 Å². The third-order valence-corrected chi connectivity index (χ3v) is 7.84. The molecule has 184 valence electrons. The van der Waals surface area contributed by atoms with Gasteiger partial charge in [-0.25, -0.2) is 17.6 Å². The minimum atomic E-state index is -3.98. The molecule has 0 amide bonds. The lowest BCUT2D eigenvalue weighted by molar-refractivity contribution is 0.0697. The van der Waals surface area contributed by atoms with Crippen molar-refractivity contribution in [1.82, 2.24) is 0 Å². The van der Waals surface area contributed by atoms with E-state index in [9.17, 15) is 22.7 Å². The topological polar surface area (TPSA) is 89.9 Å². The monoisotopic (exact) mass is 497 g/mol. The fourth-order valence-corrected chi connectivity index (χ4v) is 6.23. The second kappa shape index (κ2) is 9.58. The zero-order valence-electron chi connectivity index (χ0n) is 19.9. The number of carboxylic acids is 1. The molecule has 0 unspecified atom stereocenters. The van der Waals surface area contributed by atoms with Gasteiger partial charge in [0.05, 0.1) is 27.5 Å². The smallest absolute Gasteiger partial charge is 0.335 e. The van der Waals surface area contributed by atoms with Crippen LogP contribution in [0.4, 0.5) is 21.5 Å². The highest BCUT2D eigenvalue weighted by atomic mass is 32.2. The first kappa shape index (κ1) is 24.5. The highest BCUT2D eigenvalue weighted by Gasteiger charge is 2.26. The number of piperazine rings is 1. The van der Waals surface area contributed by atoms with Crippen molar-refractivity contribution in [2.75, 3.05) is 40.7 Å². The van der Waals surface area contributed by atoms with Gasteiger partial charge in [0.1, 0.15) is 5.82 Å². The zero-order valence-corrected chi connectivity index (χ0v) is 20.7. The maximum absolute atomic E-state index is 14.2. The van der Waals surface area contributed by atoms with Gasteiger partial charge in [0.2, 0.25) is 0 Å². The lowest BCUT2D eigenvalue weighted by Gasteiger charge is -2.38. The summed E-state index contributed by atoms with van der Waals surface area (Å²) in [5.41, 5.74) is 3.47. The molecule has 35 heavy (non-hydrogen) atoms. The molecule has 0 aliphatic carbocycles. The van der Waals surface area contributed by atoms with Gasteiger partial charge in [-0.1, -0.05) is 29.8 Å². The Balaban J connectivity index is 1.65. The number of carboxylic acid groups (broad SMARTS) is 1. The van der Waals surface area contributed by atoms with Gasteiger partial charge in [-0.05, 0) is 62.2 Å². The number of aromatic carboxylic acids is 1. The van der Waals surface area contributed by atoms with Crippen molar-refractivity contribution in [2.24, 2.45) is 0 Å². The quantitative estimate of drug-likeness (QED) is 0.518. The summed E-state index contributed by atoms with van der Waals surface area (Å²) in [5.74, 6) is -1.44. The van der Waals surface area contributed by atoms with Gasteiger partial charge in [0.25, 0.3) is 10.0 Å². The molecule has 1 fully saturated rings. The summed E-state index contributed by atoms with van der Waals surface area (Å²) in [5, 5.41) is 9.50. The molecule has 1 aliphatic heterocycles. The molecule has 0 aromatic heterocycles. The van der Waals surface area contributed by atoms with E-state index < -0.39 is 16.0 Å². The first-order chi connectivity index (χ1) is 16.6. The van der Waals surface area contributed by atoms with Gasteiger partial charge >= 0.3 is 5.97 Å². The van der Waals surface area contributed by atoms with E-state index in [4.69, 9.17) is 0 Å². The van der Waals surface area contributed by atoms with Gasteiger partial charge in [0.15, 0.2) is 0 Å². The Hall–Kier alpha value is -3.59. The molecule has 3 aromatic carbocycles. The molecule has 1 saturated heterocycles. The Labute approximate surface area is 204 Å². The SMILES string of the molecule is Cc1cc(C)c(S(=O)(=O)Nc2cc(C(=O)O)ccc2N2CCN(c3ccccc3F)CC2)c(C)c1. The summed E-state index contributed by atoms with van der Waals surface area (Å²) in [4.78, 5) is 15.7. The number of rotatable bonds is 6. The van der Waals surface area contributed by atoms with Crippen molar-refractivity contribution in [1.29, 1.82) is 0 Å². The van der Waals surface area contributed by atoms with Gasteiger partial charge in [0, 0.05) is 26.2 Å².